The number of nitrogens with zero attached hydrogens (tertiary/aromatic N) is 1. The monoisotopic (exact) mass is 403 g/mol. The summed E-state index contributed by atoms with van der Waals surface area (Å²) in [6.07, 6.45) is 3.30. The Bertz CT molecular complexity index is 1230. The lowest BCUT2D eigenvalue weighted by Gasteiger charge is -2.14. The lowest BCUT2D eigenvalue weighted by atomic mass is 10.2. The first-order valence-electron chi connectivity index (χ1n) is 9.50. The van der Waals surface area contributed by atoms with Crippen LogP contribution in [0, 0.1) is 0 Å². The summed E-state index contributed by atoms with van der Waals surface area (Å²) in [5.74, 6) is -0.158. The van der Waals surface area contributed by atoms with E-state index in [9.17, 15) is 14.7 Å². The zero-order valence-corrected chi connectivity index (χ0v) is 16.2. The van der Waals surface area contributed by atoms with E-state index in [-0.39, 0.29) is 36.8 Å². The zero-order valence-electron chi connectivity index (χ0n) is 16.2. The van der Waals surface area contributed by atoms with Crippen molar-refractivity contribution in [1.29, 1.82) is 0 Å². The van der Waals surface area contributed by atoms with Crippen LogP contribution in [-0.2, 0) is 24.6 Å². The van der Waals surface area contributed by atoms with E-state index in [2.05, 4.69) is 10.3 Å². The largest absolute Gasteiger partial charge is 0.483 e. The van der Waals surface area contributed by atoms with Crippen molar-refractivity contribution in [2.45, 2.75) is 19.8 Å². The first kappa shape index (κ1) is 19.5. The number of fused-ring (bicyclic) bond motifs is 1. The van der Waals surface area contributed by atoms with Crippen LogP contribution in [0.15, 0.2) is 77.9 Å². The summed E-state index contributed by atoms with van der Waals surface area (Å²) in [5.41, 5.74) is 2.57. The number of aromatic amines is 1. The lowest BCUT2D eigenvalue weighted by molar-refractivity contribution is -0.116. The topological polar surface area (TPSA) is 96.3 Å². The van der Waals surface area contributed by atoms with Crippen molar-refractivity contribution in [2.24, 2.45) is 0 Å². The standard InChI is InChI=1S/C23H21N3O4/c27-14-19-11-21(28)22(30-15-16-4-2-1-3-5-16)12-26(19)13-23(29)25-18-6-7-20-17(10-18)8-9-24-20/h1-12,24,27H,13-15H2,(H,25,29). The van der Waals surface area contributed by atoms with Crippen molar-refractivity contribution in [3.05, 3.63) is 94.5 Å². The molecule has 2 heterocycles. The summed E-state index contributed by atoms with van der Waals surface area (Å²) in [4.78, 5) is 28.0. The van der Waals surface area contributed by atoms with E-state index in [4.69, 9.17) is 4.74 Å². The van der Waals surface area contributed by atoms with E-state index < -0.39 is 0 Å². The smallest absolute Gasteiger partial charge is 0.244 e. The molecule has 7 heteroatoms. The van der Waals surface area contributed by atoms with E-state index in [1.165, 1.54) is 16.8 Å². The van der Waals surface area contributed by atoms with Crippen LogP contribution in [0.4, 0.5) is 5.69 Å². The van der Waals surface area contributed by atoms with Crippen molar-refractivity contribution >= 4 is 22.5 Å². The number of H-pyrrole nitrogens is 1. The average molecular weight is 403 g/mol. The molecule has 0 bridgehead atoms. The number of hydrogen-bond donors (Lipinski definition) is 3. The molecule has 0 radical (unpaired) electrons. The number of carbonyl (C=O) groups is 1. The molecule has 3 N–H and O–H groups in total. The van der Waals surface area contributed by atoms with Gasteiger partial charge in [-0.15, -0.1) is 0 Å². The van der Waals surface area contributed by atoms with Crippen LogP contribution in [0.1, 0.15) is 11.3 Å². The fourth-order valence-corrected chi connectivity index (χ4v) is 3.21. The van der Waals surface area contributed by atoms with Gasteiger partial charge in [-0.1, -0.05) is 30.3 Å². The van der Waals surface area contributed by atoms with Crippen LogP contribution in [0.2, 0.25) is 0 Å². The second-order valence-corrected chi connectivity index (χ2v) is 6.88. The lowest BCUT2D eigenvalue weighted by Crippen LogP contribution is -2.23. The molecule has 0 fully saturated rings. The van der Waals surface area contributed by atoms with Crippen molar-refractivity contribution in [1.82, 2.24) is 9.55 Å². The third-order valence-electron chi connectivity index (χ3n) is 4.73. The van der Waals surface area contributed by atoms with Gasteiger partial charge in [-0.2, -0.15) is 0 Å². The van der Waals surface area contributed by atoms with E-state index in [0.717, 1.165) is 16.5 Å². The molecule has 152 valence electrons. The minimum atomic E-state index is -0.364. The van der Waals surface area contributed by atoms with Crippen LogP contribution in [0.25, 0.3) is 10.9 Å². The summed E-state index contributed by atoms with van der Waals surface area (Å²) in [6, 6.07) is 18.3. The number of nitrogens with one attached hydrogen (secondary N) is 2. The predicted octanol–water partition coefficient (Wildman–Crippen LogP) is 3.04. The number of aliphatic hydroxyl groups is 1. The van der Waals surface area contributed by atoms with Gasteiger partial charge in [0.25, 0.3) is 0 Å². The maximum absolute atomic E-state index is 12.6. The number of rotatable bonds is 7. The molecule has 0 aliphatic rings. The Kier molecular flexibility index (Phi) is 5.63. The molecule has 2 aromatic heterocycles. The summed E-state index contributed by atoms with van der Waals surface area (Å²) in [6.45, 7) is -0.197. The van der Waals surface area contributed by atoms with Gasteiger partial charge in [-0.05, 0) is 29.8 Å². The third-order valence-corrected chi connectivity index (χ3v) is 4.73. The number of aromatic nitrogens is 2. The molecule has 30 heavy (non-hydrogen) atoms. The van der Waals surface area contributed by atoms with E-state index in [1.54, 1.807) is 0 Å². The van der Waals surface area contributed by atoms with Gasteiger partial charge in [0, 0.05) is 34.5 Å². The minimum Gasteiger partial charge on any atom is -0.483 e. The number of carbonyl (C=O) groups excluding carboxylic acids is 1. The highest BCUT2D eigenvalue weighted by Crippen LogP contribution is 2.18. The molecule has 0 aliphatic heterocycles. The summed E-state index contributed by atoms with van der Waals surface area (Å²) in [5, 5.41) is 13.4. The third kappa shape index (κ3) is 4.42. The normalized spacial score (nSPS) is 10.8. The number of benzene rings is 2. The van der Waals surface area contributed by atoms with Gasteiger partial charge in [0.1, 0.15) is 13.2 Å². The number of ether oxygens (including phenoxy) is 1. The van der Waals surface area contributed by atoms with Crippen molar-refractivity contribution in [2.75, 3.05) is 5.32 Å². The van der Waals surface area contributed by atoms with Gasteiger partial charge in [0.05, 0.1) is 12.8 Å². The van der Waals surface area contributed by atoms with Crippen LogP contribution in [0.3, 0.4) is 0 Å². The van der Waals surface area contributed by atoms with E-state index >= 15 is 0 Å². The summed E-state index contributed by atoms with van der Waals surface area (Å²) < 4.78 is 7.17. The SMILES string of the molecule is O=C(Cn1cc(OCc2ccccc2)c(=O)cc1CO)Nc1ccc2[nH]ccc2c1. The highest BCUT2D eigenvalue weighted by molar-refractivity contribution is 5.93. The van der Waals surface area contributed by atoms with Gasteiger partial charge < -0.3 is 24.7 Å². The van der Waals surface area contributed by atoms with E-state index in [0.29, 0.717) is 11.4 Å². The summed E-state index contributed by atoms with van der Waals surface area (Å²) in [7, 11) is 0. The molecular weight excluding hydrogens is 382 g/mol. The van der Waals surface area contributed by atoms with Crippen molar-refractivity contribution < 1.29 is 14.6 Å². The van der Waals surface area contributed by atoms with Gasteiger partial charge in [0.15, 0.2) is 5.75 Å². The first-order valence-corrected chi connectivity index (χ1v) is 9.50. The minimum absolute atomic E-state index is 0.0664. The number of amides is 1. The fourth-order valence-electron chi connectivity index (χ4n) is 3.21. The fraction of sp³-hybridized carbons (Fsp3) is 0.130. The molecular formula is C23H21N3O4. The number of pyridine rings is 1. The van der Waals surface area contributed by atoms with E-state index in [1.807, 2.05) is 60.8 Å². The molecule has 4 aromatic rings. The van der Waals surface area contributed by atoms with Gasteiger partial charge in [0.2, 0.25) is 11.3 Å². The van der Waals surface area contributed by atoms with Crippen LogP contribution in [0.5, 0.6) is 5.75 Å². The maximum Gasteiger partial charge on any atom is 0.244 e. The predicted molar refractivity (Wildman–Crippen MR) is 114 cm³/mol. The molecule has 1 amide bonds. The molecule has 0 saturated heterocycles. The Morgan fingerprint density at radius 3 is 2.73 bits per heavy atom. The second kappa shape index (κ2) is 8.67. The molecule has 7 nitrogen and oxygen atoms in total. The Hall–Kier alpha value is -3.84. The Labute approximate surface area is 172 Å². The highest BCUT2D eigenvalue weighted by atomic mass is 16.5. The number of hydrogen-bond acceptors (Lipinski definition) is 4. The second-order valence-electron chi connectivity index (χ2n) is 6.88. The van der Waals surface area contributed by atoms with Crippen molar-refractivity contribution in [3.8, 4) is 5.75 Å². The molecule has 0 atom stereocenters. The molecule has 0 aliphatic carbocycles. The molecule has 0 unspecified atom stereocenters. The molecule has 0 saturated carbocycles. The van der Waals surface area contributed by atoms with Gasteiger partial charge in [-0.25, -0.2) is 0 Å². The molecule has 2 aromatic carbocycles. The maximum atomic E-state index is 12.6. The Morgan fingerprint density at radius 1 is 1.10 bits per heavy atom. The highest BCUT2D eigenvalue weighted by Gasteiger charge is 2.11. The van der Waals surface area contributed by atoms with Gasteiger partial charge >= 0.3 is 0 Å². The Balaban J connectivity index is 1.50. The van der Waals surface area contributed by atoms with Crippen LogP contribution < -0.4 is 15.5 Å². The average Bonchev–Trinajstić information content (AvgIpc) is 3.22. The first-order chi connectivity index (χ1) is 14.6. The number of anilines is 1. The van der Waals surface area contributed by atoms with Crippen LogP contribution >= 0.6 is 0 Å². The molecule has 4 rings (SSSR count). The molecule has 0 spiro atoms. The number of aliphatic hydroxyl groups excluding tert-OH is 1. The quantitative estimate of drug-likeness (QED) is 0.442. The van der Waals surface area contributed by atoms with Crippen molar-refractivity contribution in [3.63, 3.8) is 0 Å². The summed E-state index contributed by atoms with van der Waals surface area (Å²) >= 11 is 0. The van der Waals surface area contributed by atoms with Crippen LogP contribution in [-0.4, -0.2) is 20.6 Å². The zero-order chi connectivity index (χ0) is 20.9. The Morgan fingerprint density at radius 2 is 1.93 bits per heavy atom. The van der Waals surface area contributed by atoms with Gasteiger partial charge in [-0.3, -0.25) is 9.59 Å².